The topological polar surface area (TPSA) is 106 Å². The first-order valence-electron chi connectivity index (χ1n) is 8.22. The van der Waals surface area contributed by atoms with Gasteiger partial charge in [-0.1, -0.05) is 18.2 Å². The zero-order valence-corrected chi connectivity index (χ0v) is 13.5. The van der Waals surface area contributed by atoms with Crippen molar-refractivity contribution in [3.8, 4) is 0 Å². The van der Waals surface area contributed by atoms with Gasteiger partial charge in [0.15, 0.2) is 0 Å². The molecule has 0 spiro atoms. The number of benzene rings is 1. The standard InChI is InChI=1S/C17H18N6O2/c24-14-6-12(7-14)17(20-16(25)9-23-10-19-21-22-23)13-5-11-3-1-2-4-15(11)18-8-13/h1-5,8,10,12,14,17,24H,6-7,9H2,(H,20,25). The Labute approximate surface area is 143 Å². The van der Waals surface area contributed by atoms with Gasteiger partial charge in [0.05, 0.1) is 17.7 Å². The van der Waals surface area contributed by atoms with Crippen molar-refractivity contribution in [2.75, 3.05) is 0 Å². The number of tetrazole rings is 1. The van der Waals surface area contributed by atoms with Gasteiger partial charge in [-0.3, -0.25) is 9.78 Å². The zero-order chi connectivity index (χ0) is 17.2. The number of aromatic nitrogens is 5. The Kier molecular flexibility index (Phi) is 4.10. The summed E-state index contributed by atoms with van der Waals surface area (Å²) in [7, 11) is 0. The molecule has 25 heavy (non-hydrogen) atoms. The Hall–Kier alpha value is -2.87. The lowest BCUT2D eigenvalue weighted by Gasteiger charge is -2.38. The number of aliphatic hydroxyl groups is 1. The van der Waals surface area contributed by atoms with E-state index in [0.29, 0.717) is 12.8 Å². The summed E-state index contributed by atoms with van der Waals surface area (Å²) < 4.78 is 1.38. The van der Waals surface area contributed by atoms with Gasteiger partial charge in [-0.2, -0.15) is 0 Å². The minimum atomic E-state index is -0.294. The summed E-state index contributed by atoms with van der Waals surface area (Å²) in [6.07, 6.45) is 4.25. The van der Waals surface area contributed by atoms with Crippen LogP contribution < -0.4 is 5.32 Å². The van der Waals surface area contributed by atoms with Gasteiger partial charge in [-0.25, -0.2) is 4.68 Å². The molecule has 1 aliphatic rings. The van der Waals surface area contributed by atoms with Gasteiger partial charge in [0.25, 0.3) is 0 Å². The molecule has 0 aliphatic heterocycles. The van der Waals surface area contributed by atoms with Crippen LogP contribution in [0.3, 0.4) is 0 Å². The lowest BCUT2D eigenvalue weighted by atomic mass is 9.75. The molecule has 0 saturated heterocycles. The molecule has 1 saturated carbocycles. The molecule has 0 bridgehead atoms. The quantitative estimate of drug-likeness (QED) is 0.714. The summed E-state index contributed by atoms with van der Waals surface area (Å²) in [5.41, 5.74) is 1.86. The van der Waals surface area contributed by atoms with E-state index >= 15 is 0 Å². The van der Waals surface area contributed by atoms with E-state index in [-0.39, 0.29) is 30.5 Å². The first kappa shape index (κ1) is 15.6. The smallest absolute Gasteiger partial charge is 0.242 e. The first-order valence-corrected chi connectivity index (χ1v) is 8.22. The van der Waals surface area contributed by atoms with Crippen LogP contribution in [-0.4, -0.2) is 42.3 Å². The number of carbonyl (C=O) groups is 1. The highest BCUT2D eigenvalue weighted by molar-refractivity contribution is 5.79. The van der Waals surface area contributed by atoms with Crippen LogP contribution in [0.4, 0.5) is 0 Å². The lowest BCUT2D eigenvalue weighted by molar-refractivity contribution is -0.123. The predicted molar refractivity (Wildman–Crippen MR) is 89.2 cm³/mol. The number of pyridine rings is 1. The number of hydrogen-bond donors (Lipinski definition) is 2. The average Bonchev–Trinajstić information content (AvgIpc) is 3.09. The van der Waals surface area contributed by atoms with Gasteiger partial charge in [0.2, 0.25) is 5.91 Å². The summed E-state index contributed by atoms with van der Waals surface area (Å²) in [5, 5.41) is 24.5. The highest BCUT2D eigenvalue weighted by Crippen LogP contribution is 2.38. The van der Waals surface area contributed by atoms with Gasteiger partial charge in [-0.15, -0.1) is 5.10 Å². The minimum absolute atomic E-state index is 0.0553. The molecule has 2 N–H and O–H groups in total. The van der Waals surface area contributed by atoms with E-state index in [1.165, 1.54) is 11.0 Å². The zero-order valence-electron chi connectivity index (χ0n) is 13.5. The van der Waals surface area contributed by atoms with Crippen LogP contribution in [-0.2, 0) is 11.3 Å². The summed E-state index contributed by atoms with van der Waals surface area (Å²) in [4.78, 5) is 16.9. The number of para-hydroxylation sites is 1. The molecule has 1 amide bonds. The van der Waals surface area contributed by atoms with Crippen LogP contribution in [0.5, 0.6) is 0 Å². The van der Waals surface area contributed by atoms with E-state index < -0.39 is 0 Å². The van der Waals surface area contributed by atoms with Gasteiger partial charge in [0.1, 0.15) is 12.9 Å². The van der Waals surface area contributed by atoms with Crippen molar-refractivity contribution in [3.63, 3.8) is 0 Å². The number of carbonyl (C=O) groups excluding carboxylic acids is 1. The molecule has 1 aliphatic carbocycles. The van der Waals surface area contributed by atoms with Crippen molar-refractivity contribution in [2.24, 2.45) is 5.92 Å². The van der Waals surface area contributed by atoms with Crippen LogP contribution in [0.2, 0.25) is 0 Å². The molecule has 4 rings (SSSR count). The molecular formula is C17H18N6O2. The second kappa shape index (κ2) is 6.56. The van der Waals surface area contributed by atoms with Crippen LogP contribution in [0.1, 0.15) is 24.4 Å². The highest BCUT2D eigenvalue weighted by atomic mass is 16.3. The van der Waals surface area contributed by atoms with Gasteiger partial charge in [-0.05, 0) is 46.9 Å². The van der Waals surface area contributed by atoms with Crippen molar-refractivity contribution in [1.82, 2.24) is 30.5 Å². The third kappa shape index (κ3) is 3.34. The fraction of sp³-hybridized carbons (Fsp3) is 0.353. The Morgan fingerprint density at radius 3 is 2.96 bits per heavy atom. The van der Waals surface area contributed by atoms with Crippen molar-refractivity contribution >= 4 is 16.8 Å². The summed E-state index contributed by atoms with van der Waals surface area (Å²) in [6, 6.07) is 9.73. The predicted octanol–water partition coefficient (Wildman–Crippen LogP) is 0.850. The minimum Gasteiger partial charge on any atom is -0.393 e. The molecule has 0 radical (unpaired) electrons. The number of fused-ring (bicyclic) bond motifs is 1. The third-order valence-corrected chi connectivity index (χ3v) is 4.61. The lowest BCUT2D eigenvalue weighted by Crippen LogP contribution is -2.42. The molecular weight excluding hydrogens is 320 g/mol. The number of nitrogens with zero attached hydrogens (tertiary/aromatic N) is 5. The van der Waals surface area contributed by atoms with E-state index in [1.807, 2.05) is 24.3 Å². The molecule has 1 unspecified atom stereocenters. The molecule has 128 valence electrons. The summed E-state index contributed by atoms with van der Waals surface area (Å²) in [6.45, 7) is 0.0553. The van der Waals surface area contributed by atoms with Crippen molar-refractivity contribution in [2.45, 2.75) is 31.5 Å². The molecule has 1 fully saturated rings. The van der Waals surface area contributed by atoms with Crippen LogP contribution in [0.15, 0.2) is 42.9 Å². The van der Waals surface area contributed by atoms with Gasteiger partial charge in [0, 0.05) is 11.6 Å². The maximum absolute atomic E-state index is 12.4. The molecule has 1 aromatic carbocycles. The van der Waals surface area contributed by atoms with Crippen LogP contribution in [0.25, 0.3) is 10.9 Å². The van der Waals surface area contributed by atoms with Gasteiger partial charge >= 0.3 is 0 Å². The number of nitrogens with one attached hydrogen (secondary N) is 1. The van der Waals surface area contributed by atoms with E-state index in [1.54, 1.807) is 6.20 Å². The molecule has 2 aromatic heterocycles. The number of amides is 1. The van der Waals surface area contributed by atoms with E-state index in [9.17, 15) is 9.90 Å². The van der Waals surface area contributed by atoms with E-state index in [0.717, 1.165) is 16.5 Å². The number of rotatable bonds is 5. The molecule has 8 nitrogen and oxygen atoms in total. The van der Waals surface area contributed by atoms with Crippen LogP contribution in [0, 0.1) is 5.92 Å². The summed E-state index contributed by atoms with van der Waals surface area (Å²) in [5.74, 6) is 0.0163. The molecule has 3 aromatic rings. The summed E-state index contributed by atoms with van der Waals surface area (Å²) >= 11 is 0. The third-order valence-electron chi connectivity index (χ3n) is 4.61. The van der Waals surface area contributed by atoms with Crippen molar-refractivity contribution < 1.29 is 9.90 Å². The molecule has 1 atom stereocenters. The number of hydrogen-bond acceptors (Lipinski definition) is 6. The molecule has 8 heteroatoms. The fourth-order valence-corrected chi connectivity index (χ4v) is 3.25. The van der Waals surface area contributed by atoms with Crippen molar-refractivity contribution in [3.05, 3.63) is 48.4 Å². The number of aliphatic hydroxyl groups excluding tert-OH is 1. The maximum Gasteiger partial charge on any atom is 0.242 e. The van der Waals surface area contributed by atoms with Crippen molar-refractivity contribution in [1.29, 1.82) is 0 Å². The fourth-order valence-electron chi connectivity index (χ4n) is 3.25. The second-order valence-corrected chi connectivity index (χ2v) is 6.40. The second-order valence-electron chi connectivity index (χ2n) is 6.40. The Morgan fingerprint density at radius 1 is 1.36 bits per heavy atom. The Bertz CT molecular complexity index is 876. The average molecular weight is 338 g/mol. The monoisotopic (exact) mass is 338 g/mol. The van der Waals surface area contributed by atoms with Crippen LogP contribution >= 0.6 is 0 Å². The Balaban J connectivity index is 1.57. The molecule has 2 heterocycles. The highest BCUT2D eigenvalue weighted by Gasteiger charge is 2.36. The van der Waals surface area contributed by atoms with Gasteiger partial charge < -0.3 is 10.4 Å². The first-order chi connectivity index (χ1) is 12.2. The SMILES string of the molecule is O=C(Cn1cnnn1)NC(c1cnc2ccccc2c1)C1CC(O)C1. The normalized spacial score (nSPS) is 20.8. The van der Waals surface area contributed by atoms with E-state index in [4.69, 9.17) is 0 Å². The largest absolute Gasteiger partial charge is 0.393 e. The Morgan fingerprint density at radius 2 is 2.20 bits per heavy atom. The van der Waals surface area contributed by atoms with E-state index in [2.05, 4.69) is 31.9 Å². The maximum atomic E-state index is 12.4.